The standard InChI is InChI=1S/C15H16N2O3/c1-11(2)20-15(19)13-5-3-4-12(8-13)9-17-7-6-14(10-18)16-17/h3-8,10-11H,9H2,1-2H3. The molecule has 2 rings (SSSR count). The van der Waals surface area contributed by atoms with Crippen molar-refractivity contribution in [1.29, 1.82) is 0 Å². The summed E-state index contributed by atoms with van der Waals surface area (Å²) < 4.78 is 6.80. The van der Waals surface area contributed by atoms with Gasteiger partial charge in [0.2, 0.25) is 0 Å². The van der Waals surface area contributed by atoms with Crippen LogP contribution in [0.2, 0.25) is 0 Å². The summed E-state index contributed by atoms with van der Waals surface area (Å²) in [5.41, 5.74) is 1.82. The van der Waals surface area contributed by atoms with Crippen LogP contribution in [0.15, 0.2) is 36.5 Å². The van der Waals surface area contributed by atoms with Crippen LogP contribution in [0.5, 0.6) is 0 Å². The second kappa shape index (κ2) is 6.14. The fraction of sp³-hybridized carbons (Fsp3) is 0.267. The summed E-state index contributed by atoms with van der Waals surface area (Å²) in [5, 5.41) is 4.08. The van der Waals surface area contributed by atoms with Crippen molar-refractivity contribution < 1.29 is 14.3 Å². The van der Waals surface area contributed by atoms with Crippen LogP contribution in [0.3, 0.4) is 0 Å². The molecular formula is C15H16N2O3. The number of aromatic nitrogens is 2. The van der Waals surface area contributed by atoms with Crippen molar-refractivity contribution in [3.05, 3.63) is 53.3 Å². The molecule has 0 aliphatic carbocycles. The highest BCUT2D eigenvalue weighted by Crippen LogP contribution is 2.09. The Balaban J connectivity index is 2.13. The Morgan fingerprint density at radius 2 is 2.20 bits per heavy atom. The van der Waals surface area contributed by atoms with Gasteiger partial charge in [0.1, 0.15) is 5.69 Å². The van der Waals surface area contributed by atoms with E-state index >= 15 is 0 Å². The molecule has 0 fully saturated rings. The van der Waals surface area contributed by atoms with Crippen molar-refractivity contribution in [3.8, 4) is 0 Å². The van der Waals surface area contributed by atoms with E-state index < -0.39 is 0 Å². The Kier molecular flexibility index (Phi) is 4.30. The third-order valence-corrected chi connectivity index (χ3v) is 2.63. The lowest BCUT2D eigenvalue weighted by Gasteiger charge is -2.09. The van der Waals surface area contributed by atoms with Crippen molar-refractivity contribution >= 4 is 12.3 Å². The third-order valence-electron chi connectivity index (χ3n) is 2.63. The molecule has 0 saturated carbocycles. The predicted octanol–water partition coefficient (Wildman–Crippen LogP) is 2.31. The van der Waals surface area contributed by atoms with Gasteiger partial charge in [-0.1, -0.05) is 12.1 Å². The first-order valence-corrected chi connectivity index (χ1v) is 6.37. The molecule has 0 aliphatic heterocycles. The van der Waals surface area contributed by atoms with Crippen LogP contribution < -0.4 is 0 Å². The third kappa shape index (κ3) is 3.54. The van der Waals surface area contributed by atoms with Crippen LogP contribution in [0.25, 0.3) is 0 Å². The summed E-state index contributed by atoms with van der Waals surface area (Å²) in [7, 11) is 0. The summed E-state index contributed by atoms with van der Waals surface area (Å²) >= 11 is 0. The van der Waals surface area contributed by atoms with Gasteiger partial charge in [0.05, 0.1) is 18.2 Å². The lowest BCUT2D eigenvalue weighted by molar-refractivity contribution is 0.0377. The number of hydrogen-bond acceptors (Lipinski definition) is 4. The second-order valence-electron chi connectivity index (χ2n) is 4.71. The van der Waals surface area contributed by atoms with E-state index in [4.69, 9.17) is 4.74 Å². The van der Waals surface area contributed by atoms with Gasteiger partial charge in [-0.2, -0.15) is 5.10 Å². The first kappa shape index (κ1) is 14.0. The molecule has 5 heteroatoms. The van der Waals surface area contributed by atoms with Crippen molar-refractivity contribution in [3.63, 3.8) is 0 Å². The van der Waals surface area contributed by atoms with Crippen molar-refractivity contribution in [2.45, 2.75) is 26.5 Å². The molecule has 0 atom stereocenters. The minimum atomic E-state index is -0.337. The normalized spacial score (nSPS) is 10.6. The van der Waals surface area contributed by atoms with E-state index in [-0.39, 0.29) is 12.1 Å². The van der Waals surface area contributed by atoms with E-state index in [9.17, 15) is 9.59 Å². The van der Waals surface area contributed by atoms with Crippen LogP contribution >= 0.6 is 0 Å². The number of carbonyl (C=O) groups excluding carboxylic acids is 2. The second-order valence-corrected chi connectivity index (χ2v) is 4.71. The number of ether oxygens (including phenoxy) is 1. The van der Waals surface area contributed by atoms with Crippen LogP contribution in [0.1, 0.15) is 40.3 Å². The predicted molar refractivity (Wildman–Crippen MR) is 73.7 cm³/mol. The lowest BCUT2D eigenvalue weighted by atomic mass is 10.1. The monoisotopic (exact) mass is 272 g/mol. The number of aldehydes is 1. The summed E-state index contributed by atoms with van der Waals surface area (Å²) in [6, 6.07) is 8.83. The molecule has 2 aromatic rings. The van der Waals surface area contributed by atoms with Gasteiger partial charge in [0.25, 0.3) is 0 Å². The van der Waals surface area contributed by atoms with E-state index in [0.717, 1.165) is 5.56 Å². The molecule has 104 valence electrons. The highest BCUT2D eigenvalue weighted by Gasteiger charge is 2.09. The van der Waals surface area contributed by atoms with E-state index in [1.807, 2.05) is 19.9 Å². The number of carbonyl (C=O) groups is 2. The fourth-order valence-electron chi connectivity index (χ4n) is 1.79. The van der Waals surface area contributed by atoms with Gasteiger partial charge in [-0.05, 0) is 37.6 Å². The smallest absolute Gasteiger partial charge is 0.338 e. The molecule has 20 heavy (non-hydrogen) atoms. The largest absolute Gasteiger partial charge is 0.459 e. The van der Waals surface area contributed by atoms with Crippen molar-refractivity contribution in [2.75, 3.05) is 0 Å². The van der Waals surface area contributed by atoms with Gasteiger partial charge in [-0.3, -0.25) is 9.48 Å². The van der Waals surface area contributed by atoms with Gasteiger partial charge in [-0.15, -0.1) is 0 Å². The number of rotatable bonds is 5. The Morgan fingerprint density at radius 3 is 2.85 bits per heavy atom. The molecule has 1 heterocycles. The first-order chi connectivity index (χ1) is 9.58. The highest BCUT2D eigenvalue weighted by atomic mass is 16.5. The molecular weight excluding hydrogens is 256 g/mol. The zero-order valence-electron chi connectivity index (χ0n) is 11.4. The van der Waals surface area contributed by atoms with Crippen LogP contribution in [0, 0.1) is 0 Å². The zero-order valence-corrected chi connectivity index (χ0v) is 11.4. The fourth-order valence-corrected chi connectivity index (χ4v) is 1.79. The molecule has 0 spiro atoms. The van der Waals surface area contributed by atoms with Gasteiger partial charge >= 0.3 is 5.97 Å². The number of hydrogen-bond donors (Lipinski definition) is 0. The maximum Gasteiger partial charge on any atom is 0.338 e. The van der Waals surface area contributed by atoms with E-state index in [1.54, 1.807) is 35.1 Å². The Hall–Kier alpha value is -2.43. The van der Waals surface area contributed by atoms with Gasteiger partial charge in [0.15, 0.2) is 6.29 Å². The lowest BCUT2D eigenvalue weighted by Crippen LogP contribution is -2.12. The molecule has 0 unspecified atom stereocenters. The average molecular weight is 272 g/mol. The Morgan fingerprint density at radius 1 is 1.40 bits per heavy atom. The molecule has 5 nitrogen and oxygen atoms in total. The molecule has 0 aliphatic rings. The number of nitrogens with zero attached hydrogens (tertiary/aromatic N) is 2. The van der Waals surface area contributed by atoms with E-state index in [0.29, 0.717) is 24.1 Å². The Labute approximate surface area is 117 Å². The molecule has 0 bridgehead atoms. The maximum atomic E-state index is 11.8. The zero-order chi connectivity index (χ0) is 14.5. The summed E-state index contributed by atoms with van der Waals surface area (Å²) in [6.07, 6.45) is 2.28. The number of benzene rings is 1. The highest BCUT2D eigenvalue weighted by molar-refractivity contribution is 5.89. The van der Waals surface area contributed by atoms with E-state index in [2.05, 4.69) is 5.10 Å². The summed E-state index contributed by atoms with van der Waals surface area (Å²) in [4.78, 5) is 22.4. The van der Waals surface area contributed by atoms with Crippen LogP contribution in [-0.2, 0) is 11.3 Å². The quantitative estimate of drug-likeness (QED) is 0.619. The SMILES string of the molecule is CC(C)OC(=O)c1cccc(Cn2ccc(C=O)n2)c1. The minimum Gasteiger partial charge on any atom is -0.459 e. The first-order valence-electron chi connectivity index (χ1n) is 6.37. The van der Waals surface area contributed by atoms with Gasteiger partial charge in [0, 0.05) is 6.20 Å². The number of esters is 1. The van der Waals surface area contributed by atoms with Crippen LogP contribution in [0.4, 0.5) is 0 Å². The molecule has 0 N–H and O–H groups in total. The molecule has 0 amide bonds. The topological polar surface area (TPSA) is 61.2 Å². The maximum absolute atomic E-state index is 11.8. The molecule has 1 aromatic carbocycles. The summed E-state index contributed by atoms with van der Waals surface area (Å²) in [5.74, 6) is -0.337. The average Bonchev–Trinajstić information content (AvgIpc) is 2.86. The minimum absolute atomic E-state index is 0.146. The van der Waals surface area contributed by atoms with Crippen molar-refractivity contribution in [1.82, 2.24) is 9.78 Å². The molecule has 0 radical (unpaired) electrons. The van der Waals surface area contributed by atoms with Gasteiger partial charge < -0.3 is 4.74 Å². The Bertz CT molecular complexity index is 617. The van der Waals surface area contributed by atoms with Crippen molar-refractivity contribution in [2.24, 2.45) is 0 Å². The summed E-state index contributed by atoms with van der Waals surface area (Å²) in [6.45, 7) is 4.12. The molecule has 1 aromatic heterocycles. The van der Waals surface area contributed by atoms with Crippen LogP contribution in [-0.4, -0.2) is 28.1 Å². The van der Waals surface area contributed by atoms with Gasteiger partial charge in [-0.25, -0.2) is 4.79 Å². The van der Waals surface area contributed by atoms with E-state index in [1.165, 1.54) is 0 Å². The molecule has 0 saturated heterocycles.